The van der Waals surface area contributed by atoms with Gasteiger partial charge in [-0.2, -0.15) is 0 Å². The molecule has 5 rings (SSSR count). The van der Waals surface area contributed by atoms with Crippen molar-refractivity contribution < 1.29 is 38.4 Å². The summed E-state index contributed by atoms with van der Waals surface area (Å²) < 4.78 is 22.7. The molecule has 202 valence electrons. The van der Waals surface area contributed by atoms with Crippen molar-refractivity contribution in [2.75, 3.05) is 20.3 Å². The number of para-hydroxylation sites is 1. The minimum atomic E-state index is -2.19. The highest BCUT2D eigenvalue weighted by atomic mass is 16.6. The van der Waals surface area contributed by atoms with Crippen molar-refractivity contribution in [3.63, 3.8) is 0 Å². The van der Waals surface area contributed by atoms with Crippen molar-refractivity contribution in [2.45, 2.75) is 36.9 Å². The number of aromatic hydroxyl groups is 1. The van der Waals surface area contributed by atoms with Gasteiger partial charge in [-0.15, -0.1) is 0 Å². The molecule has 0 amide bonds. The fourth-order valence-electron chi connectivity index (χ4n) is 5.74. The molecule has 2 aliphatic heterocycles. The number of methoxy groups -OCH3 is 1. The van der Waals surface area contributed by atoms with Gasteiger partial charge >= 0.3 is 11.9 Å². The van der Waals surface area contributed by atoms with Crippen molar-refractivity contribution in [2.24, 2.45) is 0 Å². The Bertz CT molecular complexity index is 1400. The van der Waals surface area contributed by atoms with Crippen molar-refractivity contribution in [3.8, 4) is 17.2 Å². The van der Waals surface area contributed by atoms with Gasteiger partial charge < -0.3 is 24.1 Å². The van der Waals surface area contributed by atoms with Crippen molar-refractivity contribution in [3.05, 3.63) is 89.5 Å². The highest BCUT2D eigenvalue weighted by molar-refractivity contribution is 6.14. The van der Waals surface area contributed by atoms with Crippen LogP contribution >= 0.6 is 0 Å². The van der Waals surface area contributed by atoms with E-state index in [1.165, 1.54) is 13.2 Å². The fraction of sp³-hybridized carbons (Fsp3) is 0.300. The molecule has 39 heavy (non-hydrogen) atoms. The topological polar surface area (TPSA) is 120 Å². The van der Waals surface area contributed by atoms with Crippen LogP contribution in [-0.2, 0) is 19.1 Å². The molecule has 1 saturated heterocycles. The van der Waals surface area contributed by atoms with Gasteiger partial charge in [0.2, 0.25) is 16.9 Å². The normalized spacial score (nSPS) is 22.7. The third-order valence-corrected chi connectivity index (χ3v) is 7.30. The summed E-state index contributed by atoms with van der Waals surface area (Å²) in [7, 11) is 1.46. The van der Waals surface area contributed by atoms with Crippen LogP contribution < -0.4 is 14.8 Å². The highest BCUT2D eigenvalue weighted by Crippen LogP contribution is 2.59. The molecule has 0 saturated carbocycles. The van der Waals surface area contributed by atoms with Crippen molar-refractivity contribution in [1.82, 2.24) is 5.32 Å². The molecule has 1 fully saturated rings. The number of ether oxygens (including phenoxy) is 4. The number of ketones is 1. The summed E-state index contributed by atoms with van der Waals surface area (Å²) in [5, 5.41) is 14.2. The van der Waals surface area contributed by atoms with Crippen LogP contribution in [0.15, 0.2) is 72.8 Å². The summed E-state index contributed by atoms with van der Waals surface area (Å²) in [6.45, 7) is 3.20. The average Bonchev–Trinajstić information content (AvgIpc) is 3.42. The molecule has 2 N–H and O–H groups in total. The van der Waals surface area contributed by atoms with Crippen LogP contribution in [0.4, 0.5) is 0 Å². The molecule has 9 nitrogen and oxygen atoms in total. The zero-order valence-corrected chi connectivity index (χ0v) is 21.8. The van der Waals surface area contributed by atoms with E-state index in [0.717, 1.165) is 0 Å². The molecule has 1 spiro atoms. The molecule has 2 heterocycles. The number of hydrogen-bond donors (Lipinski definition) is 2. The third-order valence-electron chi connectivity index (χ3n) is 7.30. The Morgan fingerprint density at radius 3 is 2.18 bits per heavy atom. The Labute approximate surface area is 225 Å². The van der Waals surface area contributed by atoms with E-state index in [9.17, 15) is 19.5 Å². The van der Waals surface area contributed by atoms with Gasteiger partial charge in [0.1, 0.15) is 17.2 Å². The van der Waals surface area contributed by atoms with E-state index in [0.29, 0.717) is 22.6 Å². The Morgan fingerprint density at radius 1 is 0.949 bits per heavy atom. The Balaban J connectivity index is 1.86. The summed E-state index contributed by atoms with van der Waals surface area (Å²) >= 11 is 0. The second-order valence-corrected chi connectivity index (χ2v) is 9.32. The van der Waals surface area contributed by atoms with Gasteiger partial charge in [0, 0.05) is 11.6 Å². The van der Waals surface area contributed by atoms with Gasteiger partial charge in [-0.05, 0) is 43.7 Å². The number of phenols is 1. The maximum Gasteiger partial charge on any atom is 0.338 e. The van der Waals surface area contributed by atoms with E-state index >= 15 is 0 Å². The lowest BCUT2D eigenvalue weighted by Crippen LogP contribution is -2.61. The first-order valence-electron chi connectivity index (χ1n) is 12.7. The maximum absolute atomic E-state index is 14.5. The lowest BCUT2D eigenvalue weighted by atomic mass is 9.68. The summed E-state index contributed by atoms with van der Waals surface area (Å²) in [5.74, 6) is -3.06. The second-order valence-electron chi connectivity index (χ2n) is 9.32. The second kappa shape index (κ2) is 10.1. The molecule has 0 radical (unpaired) electrons. The number of benzene rings is 3. The van der Waals surface area contributed by atoms with Crippen LogP contribution in [-0.4, -0.2) is 54.3 Å². The van der Waals surface area contributed by atoms with E-state index in [2.05, 4.69) is 5.32 Å². The lowest BCUT2D eigenvalue weighted by molar-refractivity contribution is -0.167. The quantitative estimate of drug-likeness (QED) is 0.347. The first kappa shape index (κ1) is 26.2. The van der Waals surface area contributed by atoms with E-state index in [1.807, 2.05) is 0 Å². The van der Waals surface area contributed by atoms with Gasteiger partial charge in [0.15, 0.2) is 0 Å². The smallest absolute Gasteiger partial charge is 0.338 e. The Kier molecular flexibility index (Phi) is 6.78. The number of hydrogen-bond acceptors (Lipinski definition) is 9. The zero-order chi connectivity index (χ0) is 27.8. The number of phenolic OH excluding ortho intramolecular Hbond substituents is 1. The van der Waals surface area contributed by atoms with Gasteiger partial charge in [0.25, 0.3) is 0 Å². The predicted octanol–water partition coefficient (Wildman–Crippen LogP) is 3.71. The average molecular weight is 532 g/mol. The minimum Gasteiger partial charge on any atom is -0.507 e. The molecular weight excluding hydrogens is 502 g/mol. The molecular formula is C30H29NO8. The Morgan fingerprint density at radius 2 is 1.59 bits per heavy atom. The van der Waals surface area contributed by atoms with Crippen LogP contribution in [0.1, 0.15) is 47.3 Å². The minimum absolute atomic E-state index is 0.0241. The van der Waals surface area contributed by atoms with Crippen molar-refractivity contribution in [1.29, 1.82) is 0 Å². The molecule has 9 heteroatoms. The summed E-state index contributed by atoms with van der Waals surface area (Å²) in [6.07, 6.45) is 0. The lowest BCUT2D eigenvalue weighted by Gasteiger charge is -2.37. The predicted molar refractivity (Wildman–Crippen MR) is 140 cm³/mol. The molecule has 0 unspecified atom stereocenters. The Hall–Kier alpha value is -4.37. The number of carbonyl (C=O) groups is 3. The molecule has 2 aliphatic rings. The first-order chi connectivity index (χ1) is 18.8. The summed E-state index contributed by atoms with van der Waals surface area (Å²) in [6, 6.07) is 18.8. The molecule has 3 aromatic carbocycles. The largest absolute Gasteiger partial charge is 0.507 e. The van der Waals surface area contributed by atoms with Gasteiger partial charge in [0.05, 0.1) is 37.8 Å². The number of esters is 2. The number of nitrogens with one attached hydrogen (secondary N) is 1. The molecule has 3 atom stereocenters. The monoisotopic (exact) mass is 531 g/mol. The maximum atomic E-state index is 14.5. The summed E-state index contributed by atoms with van der Waals surface area (Å²) in [5.41, 5.74) is -3.07. The zero-order valence-electron chi connectivity index (χ0n) is 21.8. The van der Waals surface area contributed by atoms with Crippen molar-refractivity contribution >= 4 is 17.7 Å². The third kappa shape index (κ3) is 3.84. The SMILES string of the molecule is CCOC(=O)C1(C(=O)OCC)N[C@H](c2ccc(OC)cc2O)[C@]2(Oc3ccccc3C2=O)[C@@H]1c1ccccc1. The molecule has 0 bridgehead atoms. The first-order valence-corrected chi connectivity index (χ1v) is 12.7. The van der Waals surface area contributed by atoms with E-state index < -0.39 is 40.8 Å². The molecule has 0 aliphatic carbocycles. The van der Waals surface area contributed by atoms with Crippen LogP contribution in [0, 0.1) is 0 Å². The molecule has 0 aromatic heterocycles. The standard InChI is InChI=1S/C30H29NO8/c1-4-37-27(34)29(28(35)38-5-2)24(18-11-7-6-8-12-18)30(26(33)21-13-9-10-14-23(21)39-30)25(31-29)20-16-15-19(36-3)17-22(20)32/h6-17,24-25,31-32H,4-5H2,1-3H3/t24-,25-,30-/m1/s1. The fourth-order valence-corrected chi connectivity index (χ4v) is 5.74. The van der Waals surface area contributed by atoms with E-state index in [1.54, 1.807) is 80.6 Å². The number of Topliss-reactive ketones (excluding diaryl/α,β-unsaturated/α-hetero) is 1. The molecule has 3 aromatic rings. The van der Waals surface area contributed by atoms with E-state index in [4.69, 9.17) is 18.9 Å². The number of fused-ring (bicyclic) bond motifs is 1. The number of rotatable bonds is 7. The van der Waals surface area contributed by atoms with Crippen LogP contribution in [0.5, 0.6) is 17.2 Å². The van der Waals surface area contributed by atoms with Gasteiger partial charge in [-0.25, -0.2) is 9.59 Å². The van der Waals surface area contributed by atoms with Crippen LogP contribution in [0.3, 0.4) is 0 Å². The number of carbonyl (C=O) groups excluding carboxylic acids is 3. The van der Waals surface area contributed by atoms with Gasteiger partial charge in [-0.1, -0.05) is 42.5 Å². The van der Waals surface area contributed by atoms with Crippen LogP contribution in [0.25, 0.3) is 0 Å². The van der Waals surface area contributed by atoms with Gasteiger partial charge in [-0.3, -0.25) is 10.1 Å². The van der Waals surface area contributed by atoms with Crippen LogP contribution in [0.2, 0.25) is 0 Å². The highest BCUT2D eigenvalue weighted by Gasteiger charge is 2.77. The van der Waals surface area contributed by atoms with E-state index in [-0.39, 0.29) is 24.5 Å². The summed E-state index contributed by atoms with van der Waals surface area (Å²) in [4.78, 5) is 42.3.